The highest BCUT2D eigenvalue weighted by molar-refractivity contribution is 5.73. The lowest BCUT2D eigenvalue weighted by Crippen LogP contribution is -2.47. The van der Waals surface area contributed by atoms with Crippen molar-refractivity contribution in [1.29, 1.82) is 0 Å². The quantitative estimate of drug-likeness (QED) is 0.551. The van der Waals surface area contributed by atoms with E-state index in [0.717, 1.165) is 0 Å². The van der Waals surface area contributed by atoms with Crippen molar-refractivity contribution in [1.82, 2.24) is 5.48 Å². The Kier molecular flexibility index (Phi) is 4.32. The number of hydrogen-bond donors (Lipinski definition) is 3. The van der Waals surface area contributed by atoms with Gasteiger partial charge < -0.3 is 10.2 Å². The van der Waals surface area contributed by atoms with Crippen LogP contribution in [0.3, 0.4) is 0 Å². The third-order valence-corrected chi connectivity index (χ3v) is 1.24. The summed E-state index contributed by atoms with van der Waals surface area (Å²) in [6, 6.07) is -1.10. The minimum atomic E-state index is -1.14. The van der Waals surface area contributed by atoms with Gasteiger partial charge in [-0.2, -0.15) is 5.48 Å². The molecule has 78 valence electrons. The van der Waals surface area contributed by atoms with Gasteiger partial charge in [0.2, 0.25) is 0 Å². The van der Waals surface area contributed by atoms with Gasteiger partial charge in [-0.3, -0.25) is 9.63 Å². The second-order valence-electron chi connectivity index (χ2n) is 3.89. The Bertz CT molecular complexity index is 173. The van der Waals surface area contributed by atoms with Crippen molar-refractivity contribution in [2.45, 2.75) is 45.4 Å². The van der Waals surface area contributed by atoms with E-state index in [0.29, 0.717) is 0 Å². The summed E-state index contributed by atoms with van der Waals surface area (Å²) in [6.07, 6.45) is -1.00. The average molecular weight is 191 g/mol. The zero-order valence-electron chi connectivity index (χ0n) is 8.37. The Morgan fingerprint density at radius 1 is 1.46 bits per heavy atom. The van der Waals surface area contributed by atoms with Crippen LogP contribution in [0, 0.1) is 0 Å². The first-order valence-electron chi connectivity index (χ1n) is 4.08. The predicted octanol–water partition coefficient (Wildman–Crippen LogP) is 0.140. The zero-order chi connectivity index (χ0) is 10.6. The van der Waals surface area contributed by atoms with Crippen molar-refractivity contribution >= 4 is 5.97 Å². The molecule has 0 aromatic carbocycles. The molecule has 0 spiro atoms. The lowest BCUT2D eigenvalue weighted by Gasteiger charge is -2.24. The predicted molar refractivity (Wildman–Crippen MR) is 47.1 cm³/mol. The average Bonchev–Trinajstić information content (AvgIpc) is 1.82. The maximum atomic E-state index is 10.6. The topological polar surface area (TPSA) is 78.8 Å². The molecule has 0 fully saturated rings. The standard InChI is InChI=1S/C8H17NO4/c1-5(10)6(7(11)12)9-13-8(2,3)4/h5-6,9-10H,1-4H3,(H,11,12)/t5-,6+/m1/s1. The fraction of sp³-hybridized carbons (Fsp3) is 0.875. The summed E-state index contributed by atoms with van der Waals surface area (Å²) in [5.74, 6) is -1.14. The van der Waals surface area contributed by atoms with Gasteiger partial charge in [0.15, 0.2) is 6.04 Å². The lowest BCUT2D eigenvalue weighted by molar-refractivity contribution is -0.156. The summed E-state index contributed by atoms with van der Waals surface area (Å²) >= 11 is 0. The molecule has 0 aromatic rings. The molecule has 0 unspecified atom stereocenters. The maximum absolute atomic E-state index is 10.6. The van der Waals surface area contributed by atoms with E-state index in [9.17, 15) is 4.79 Å². The van der Waals surface area contributed by atoms with Gasteiger partial charge in [-0.15, -0.1) is 0 Å². The van der Waals surface area contributed by atoms with E-state index in [2.05, 4.69) is 5.48 Å². The second kappa shape index (κ2) is 4.55. The minimum Gasteiger partial charge on any atom is -0.480 e. The number of carbonyl (C=O) groups is 1. The number of aliphatic hydroxyl groups excluding tert-OH is 1. The van der Waals surface area contributed by atoms with Gasteiger partial charge >= 0.3 is 5.97 Å². The Morgan fingerprint density at radius 3 is 2.15 bits per heavy atom. The fourth-order valence-electron chi connectivity index (χ4n) is 0.595. The highest BCUT2D eigenvalue weighted by atomic mass is 16.7. The molecule has 5 nitrogen and oxygen atoms in total. The zero-order valence-corrected chi connectivity index (χ0v) is 8.37. The summed E-state index contributed by atoms with van der Waals surface area (Å²) in [7, 11) is 0. The molecule has 13 heavy (non-hydrogen) atoms. The number of hydrogen-bond acceptors (Lipinski definition) is 4. The van der Waals surface area contributed by atoms with Gasteiger partial charge in [0, 0.05) is 0 Å². The molecule has 0 aliphatic heterocycles. The molecule has 0 rings (SSSR count). The van der Waals surface area contributed by atoms with E-state index in [1.807, 2.05) is 0 Å². The molecule has 0 aliphatic carbocycles. The van der Waals surface area contributed by atoms with Gasteiger partial charge in [0.25, 0.3) is 0 Å². The molecular formula is C8H17NO4. The molecule has 0 saturated heterocycles. The SMILES string of the molecule is C[C@@H](O)[C@H](NOC(C)(C)C)C(=O)O. The van der Waals surface area contributed by atoms with E-state index in [1.165, 1.54) is 6.92 Å². The second-order valence-corrected chi connectivity index (χ2v) is 3.89. The van der Waals surface area contributed by atoms with Crippen molar-refractivity contribution in [3.63, 3.8) is 0 Å². The Hall–Kier alpha value is -0.650. The van der Waals surface area contributed by atoms with Crippen LogP contribution in [0.15, 0.2) is 0 Å². The summed E-state index contributed by atoms with van der Waals surface area (Å²) in [5.41, 5.74) is 1.83. The molecule has 0 heterocycles. The molecule has 0 bridgehead atoms. The van der Waals surface area contributed by atoms with E-state index >= 15 is 0 Å². The summed E-state index contributed by atoms with van der Waals surface area (Å²) < 4.78 is 0. The van der Waals surface area contributed by atoms with Crippen LogP contribution in [0.2, 0.25) is 0 Å². The molecule has 0 radical (unpaired) electrons. The van der Waals surface area contributed by atoms with Crippen molar-refractivity contribution < 1.29 is 19.8 Å². The van der Waals surface area contributed by atoms with Crippen LogP contribution in [0.4, 0.5) is 0 Å². The Balaban J connectivity index is 4.06. The van der Waals surface area contributed by atoms with Crippen LogP contribution in [-0.2, 0) is 9.63 Å². The molecule has 2 atom stereocenters. The van der Waals surface area contributed by atoms with Crippen molar-refractivity contribution in [2.75, 3.05) is 0 Å². The summed E-state index contributed by atoms with van der Waals surface area (Å²) in [6.45, 7) is 6.72. The largest absolute Gasteiger partial charge is 0.480 e. The van der Waals surface area contributed by atoms with Crippen LogP contribution in [-0.4, -0.2) is 33.9 Å². The fourth-order valence-corrected chi connectivity index (χ4v) is 0.595. The molecule has 0 aromatic heterocycles. The number of hydroxylamine groups is 1. The molecule has 0 aliphatic rings. The van der Waals surface area contributed by atoms with E-state index in [1.54, 1.807) is 20.8 Å². The van der Waals surface area contributed by atoms with Crippen LogP contribution in [0.1, 0.15) is 27.7 Å². The normalized spacial score (nSPS) is 16.7. The molecular weight excluding hydrogens is 174 g/mol. The van der Waals surface area contributed by atoms with Gasteiger partial charge in [-0.05, 0) is 27.7 Å². The van der Waals surface area contributed by atoms with E-state index in [4.69, 9.17) is 15.1 Å². The first-order chi connectivity index (χ1) is 5.74. The van der Waals surface area contributed by atoms with Crippen molar-refractivity contribution in [3.05, 3.63) is 0 Å². The Morgan fingerprint density at radius 2 is 1.92 bits per heavy atom. The summed E-state index contributed by atoms with van der Waals surface area (Å²) in [5, 5.41) is 17.7. The smallest absolute Gasteiger partial charge is 0.325 e. The van der Waals surface area contributed by atoms with Gasteiger partial charge in [-0.25, -0.2) is 0 Å². The first-order valence-corrected chi connectivity index (χ1v) is 4.08. The van der Waals surface area contributed by atoms with Crippen molar-refractivity contribution in [3.8, 4) is 0 Å². The van der Waals surface area contributed by atoms with E-state index in [-0.39, 0.29) is 0 Å². The molecule has 0 amide bonds. The minimum absolute atomic E-state index is 0.484. The molecule has 3 N–H and O–H groups in total. The number of carboxylic acid groups (broad SMARTS) is 1. The van der Waals surface area contributed by atoms with E-state index < -0.39 is 23.7 Å². The van der Waals surface area contributed by atoms with Crippen molar-refractivity contribution in [2.24, 2.45) is 0 Å². The Labute approximate surface area is 77.7 Å². The molecule has 0 saturated carbocycles. The maximum Gasteiger partial charge on any atom is 0.325 e. The van der Waals surface area contributed by atoms with Crippen LogP contribution in [0.25, 0.3) is 0 Å². The number of aliphatic hydroxyl groups is 1. The number of aliphatic carboxylic acids is 1. The van der Waals surface area contributed by atoms with Crippen LogP contribution >= 0.6 is 0 Å². The highest BCUT2D eigenvalue weighted by Crippen LogP contribution is 2.05. The highest BCUT2D eigenvalue weighted by Gasteiger charge is 2.25. The number of carboxylic acids is 1. The third-order valence-electron chi connectivity index (χ3n) is 1.24. The van der Waals surface area contributed by atoms with Gasteiger partial charge in [-0.1, -0.05) is 0 Å². The van der Waals surface area contributed by atoms with Crippen LogP contribution < -0.4 is 5.48 Å². The monoisotopic (exact) mass is 191 g/mol. The summed E-state index contributed by atoms with van der Waals surface area (Å²) in [4.78, 5) is 15.6. The van der Waals surface area contributed by atoms with Gasteiger partial charge in [0.05, 0.1) is 11.7 Å². The lowest BCUT2D eigenvalue weighted by atomic mass is 10.2. The third kappa shape index (κ3) is 5.57. The first kappa shape index (κ1) is 12.3. The van der Waals surface area contributed by atoms with Gasteiger partial charge in [0.1, 0.15) is 0 Å². The molecule has 5 heteroatoms. The number of rotatable bonds is 4. The van der Waals surface area contributed by atoms with Crippen LogP contribution in [0.5, 0.6) is 0 Å². The number of nitrogens with one attached hydrogen (secondary N) is 1.